The van der Waals surface area contributed by atoms with Crippen LogP contribution in [0.25, 0.3) is 11.5 Å². The number of rotatable bonds is 2. The molecule has 1 atom stereocenters. The Bertz CT molecular complexity index is 864. The van der Waals surface area contributed by atoms with Crippen molar-refractivity contribution in [2.45, 2.75) is 19.4 Å². The monoisotopic (exact) mass is 345 g/mol. The Morgan fingerprint density at radius 1 is 1.17 bits per heavy atom. The van der Waals surface area contributed by atoms with Crippen LogP contribution in [0.2, 0.25) is 0 Å². The molecule has 4 heterocycles. The largest absolute Gasteiger partial charge is 0.364 e. The molecular formula is C16H13F2N5S. The molecule has 1 unspecified atom stereocenters. The average Bonchev–Trinajstić information content (AvgIpc) is 3.08. The van der Waals surface area contributed by atoms with Crippen molar-refractivity contribution in [1.29, 1.82) is 0 Å². The van der Waals surface area contributed by atoms with Gasteiger partial charge in [0.2, 0.25) is 11.9 Å². The van der Waals surface area contributed by atoms with Gasteiger partial charge in [0.15, 0.2) is 5.82 Å². The summed E-state index contributed by atoms with van der Waals surface area (Å²) in [5, 5.41) is 1.91. The minimum atomic E-state index is -0.821. The number of halogens is 2. The first kappa shape index (κ1) is 15.1. The maximum atomic E-state index is 13.4. The van der Waals surface area contributed by atoms with Gasteiger partial charge in [0.1, 0.15) is 5.69 Å². The van der Waals surface area contributed by atoms with Gasteiger partial charge in [-0.15, -0.1) is 11.3 Å². The van der Waals surface area contributed by atoms with E-state index in [2.05, 4.69) is 19.9 Å². The zero-order valence-electron chi connectivity index (χ0n) is 12.8. The molecule has 3 aromatic heterocycles. The normalized spacial score (nSPS) is 17.0. The van der Waals surface area contributed by atoms with Crippen molar-refractivity contribution in [3.8, 4) is 11.5 Å². The lowest BCUT2D eigenvalue weighted by Crippen LogP contribution is -2.35. The second kappa shape index (κ2) is 5.86. The summed E-state index contributed by atoms with van der Waals surface area (Å²) in [4.78, 5) is 18.3. The molecule has 122 valence electrons. The first-order valence-corrected chi connectivity index (χ1v) is 8.40. The van der Waals surface area contributed by atoms with Crippen molar-refractivity contribution in [3.05, 3.63) is 52.4 Å². The van der Waals surface area contributed by atoms with E-state index >= 15 is 0 Å². The number of pyridine rings is 1. The number of thiazole rings is 1. The van der Waals surface area contributed by atoms with Crippen LogP contribution in [0.3, 0.4) is 0 Å². The molecule has 0 N–H and O–H groups in total. The van der Waals surface area contributed by atoms with Crippen molar-refractivity contribution in [2.75, 3.05) is 11.4 Å². The first-order valence-electron chi connectivity index (χ1n) is 7.46. The van der Waals surface area contributed by atoms with Crippen molar-refractivity contribution in [1.82, 2.24) is 19.9 Å². The third-order valence-electron chi connectivity index (χ3n) is 4.15. The summed E-state index contributed by atoms with van der Waals surface area (Å²) in [5.41, 5.74) is 4.89. The summed E-state index contributed by atoms with van der Waals surface area (Å²) in [6.45, 7) is 2.59. The van der Waals surface area contributed by atoms with Gasteiger partial charge in [-0.1, -0.05) is 0 Å². The quantitative estimate of drug-likeness (QED) is 0.666. The molecule has 0 fully saturated rings. The molecule has 3 aromatic rings. The highest BCUT2D eigenvalue weighted by molar-refractivity contribution is 7.07. The maximum absolute atomic E-state index is 13.4. The summed E-state index contributed by atoms with van der Waals surface area (Å²) < 4.78 is 26.8. The van der Waals surface area contributed by atoms with Gasteiger partial charge in [0, 0.05) is 47.9 Å². The average molecular weight is 345 g/mol. The van der Waals surface area contributed by atoms with E-state index in [0.29, 0.717) is 24.5 Å². The van der Waals surface area contributed by atoms with Crippen LogP contribution in [-0.4, -0.2) is 26.5 Å². The Balaban J connectivity index is 1.69. The maximum Gasteiger partial charge on any atom is 0.217 e. The van der Waals surface area contributed by atoms with Crippen LogP contribution in [0.1, 0.15) is 24.2 Å². The molecular weight excluding hydrogens is 332 g/mol. The topological polar surface area (TPSA) is 54.8 Å². The van der Waals surface area contributed by atoms with Crippen LogP contribution < -0.4 is 4.90 Å². The van der Waals surface area contributed by atoms with E-state index < -0.39 is 11.9 Å². The Hall–Kier alpha value is -2.48. The zero-order chi connectivity index (χ0) is 16.7. The first-order chi connectivity index (χ1) is 11.6. The van der Waals surface area contributed by atoms with E-state index in [1.807, 2.05) is 17.2 Å². The zero-order valence-corrected chi connectivity index (χ0v) is 13.6. The summed E-state index contributed by atoms with van der Waals surface area (Å²) in [6, 6.07) is 2.41. The van der Waals surface area contributed by atoms with Gasteiger partial charge in [0.25, 0.3) is 0 Å². The molecule has 4 rings (SSSR count). The fourth-order valence-electron chi connectivity index (χ4n) is 2.98. The van der Waals surface area contributed by atoms with Gasteiger partial charge in [-0.25, -0.2) is 15.0 Å². The Morgan fingerprint density at radius 2 is 1.96 bits per heavy atom. The standard InChI is InChI=1S/C16H13F2N5S/c1-9-11-6-19-16(13-7-24-8-20-13)21-12(11)2-3-23(9)10-4-14(17)22-15(18)5-10/h4-9H,2-3H2,1H3. The number of hydrogen-bond donors (Lipinski definition) is 0. The van der Waals surface area contributed by atoms with Crippen LogP contribution in [0.4, 0.5) is 14.5 Å². The van der Waals surface area contributed by atoms with Gasteiger partial charge < -0.3 is 4.90 Å². The lowest BCUT2D eigenvalue weighted by atomic mass is 9.99. The highest BCUT2D eigenvalue weighted by atomic mass is 32.1. The molecule has 0 saturated carbocycles. The Morgan fingerprint density at radius 3 is 2.67 bits per heavy atom. The molecule has 5 nitrogen and oxygen atoms in total. The van der Waals surface area contributed by atoms with Crippen LogP contribution >= 0.6 is 11.3 Å². The number of aromatic nitrogens is 4. The summed E-state index contributed by atoms with van der Waals surface area (Å²) in [7, 11) is 0. The fraction of sp³-hybridized carbons (Fsp3) is 0.250. The highest BCUT2D eigenvalue weighted by Gasteiger charge is 2.27. The molecule has 0 bridgehead atoms. The van der Waals surface area contributed by atoms with E-state index in [1.54, 1.807) is 11.7 Å². The molecule has 1 aliphatic heterocycles. The van der Waals surface area contributed by atoms with Gasteiger partial charge in [-0.3, -0.25) is 0 Å². The third kappa shape index (κ3) is 2.62. The molecule has 0 spiro atoms. The molecule has 0 radical (unpaired) electrons. The van der Waals surface area contributed by atoms with Gasteiger partial charge in [0.05, 0.1) is 17.2 Å². The summed E-state index contributed by atoms with van der Waals surface area (Å²) in [5.74, 6) is -1.03. The number of fused-ring (bicyclic) bond motifs is 1. The van der Waals surface area contributed by atoms with Crippen LogP contribution in [0, 0.1) is 11.9 Å². The van der Waals surface area contributed by atoms with E-state index in [-0.39, 0.29) is 6.04 Å². The van der Waals surface area contributed by atoms with Gasteiger partial charge in [-0.2, -0.15) is 13.8 Å². The minimum Gasteiger partial charge on any atom is -0.364 e. The number of nitrogens with zero attached hydrogens (tertiary/aromatic N) is 5. The van der Waals surface area contributed by atoms with Crippen LogP contribution in [0.15, 0.2) is 29.2 Å². The molecule has 0 saturated heterocycles. The Labute approximate surface area is 141 Å². The second-order valence-electron chi connectivity index (χ2n) is 5.56. The molecule has 8 heteroatoms. The van der Waals surface area contributed by atoms with Crippen LogP contribution in [0.5, 0.6) is 0 Å². The fourth-order valence-corrected chi connectivity index (χ4v) is 3.51. The van der Waals surface area contributed by atoms with Crippen molar-refractivity contribution < 1.29 is 8.78 Å². The Kier molecular flexibility index (Phi) is 3.68. The smallest absolute Gasteiger partial charge is 0.217 e. The van der Waals surface area contributed by atoms with E-state index in [9.17, 15) is 8.78 Å². The van der Waals surface area contributed by atoms with E-state index in [0.717, 1.165) is 17.0 Å². The summed E-state index contributed by atoms with van der Waals surface area (Å²) in [6.07, 6.45) is 2.45. The van der Waals surface area contributed by atoms with Crippen molar-refractivity contribution in [3.63, 3.8) is 0 Å². The molecule has 1 aliphatic rings. The van der Waals surface area contributed by atoms with Gasteiger partial charge >= 0.3 is 0 Å². The number of anilines is 1. The van der Waals surface area contributed by atoms with E-state index in [4.69, 9.17) is 0 Å². The predicted molar refractivity (Wildman–Crippen MR) is 86.8 cm³/mol. The third-order valence-corrected chi connectivity index (χ3v) is 4.73. The predicted octanol–water partition coefficient (Wildman–Crippen LogP) is 3.40. The van der Waals surface area contributed by atoms with E-state index in [1.165, 1.54) is 23.5 Å². The lowest BCUT2D eigenvalue weighted by molar-refractivity contribution is 0.508. The number of hydrogen-bond acceptors (Lipinski definition) is 6. The van der Waals surface area contributed by atoms with Crippen LogP contribution in [-0.2, 0) is 6.42 Å². The molecule has 0 aromatic carbocycles. The molecule has 0 amide bonds. The second-order valence-corrected chi connectivity index (χ2v) is 6.28. The van der Waals surface area contributed by atoms with Crippen molar-refractivity contribution in [2.24, 2.45) is 0 Å². The van der Waals surface area contributed by atoms with Crippen molar-refractivity contribution >= 4 is 17.0 Å². The highest BCUT2D eigenvalue weighted by Crippen LogP contribution is 2.33. The minimum absolute atomic E-state index is 0.0839. The lowest BCUT2D eigenvalue weighted by Gasteiger charge is -2.36. The molecule has 0 aliphatic carbocycles. The van der Waals surface area contributed by atoms with Gasteiger partial charge in [-0.05, 0) is 6.92 Å². The SMILES string of the molecule is CC1c2cnc(-c3cscn3)nc2CCN1c1cc(F)nc(F)c1. The molecule has 24 heavy (non-hydrogen) atoms. The summed E-state index contributed by atoms with van der Waals surface area (Å²) >= 11 is 1.50.